The van der Waals surface area contributed by atoms with Crippen LogP contribution in [0.5, 0.6) is 5.75 Å². The number of ether oxygens (including phenoxy) is 1. The Kier molecular flexibility index (Phi) is 11.2. The molecule has 0 radical (unpaired) electrons. The minimum atomic E-state index is -4.75. The smallest absolute Gasteiger partial charge is 0.416 e. The van der Waals surface area contributed by atoms with E-state index in [1.54, 1.807) is 35.1 Å². The van der Waals surface area contributed by atoms with Crippen molar-refractivity contribution >= 4 is 23.3 Å². The van der Waals surface area contributed by atoms with Crippen molar-refractivity contribution in [3.63, 3.8) is 0 Å². The van der Waals surface area contributed by atoms with E-state index >= 15 is 0 Å². The Labute approximate surface area is 246 Å². The third kappa shape index (κ3) is 9.51. The van der Waals surface area contributed by atoms with E-state index in [1.807, 2.05) is 9.80 Å². The lowest BCUT2D eigenvalue weighted by Gasteiger charge is -2.25. The number of alkyl halides is 3. The molecule has 3 N–H and O–H groups in total. The first-order valence-corrected chi connectivity index (χ1v) is 13.3. The maximum absolute atomic E-state index is 13.7. The van der Waals surface area contributed by atoms with Crippen LogP contribution in [-0.2, 0) is 6.18 Å². The van der Waals surface area contributed by atoms with Crippen LogP contribution in [0.25, 0.3) is 11.4 Å². The van der Waals surface area contributed by atoms with Crippen molar-refractivity contribution in [1.82, 2.24) is 30.1 Å². The number of urea groups is 1. The van der Waals surface area contributed by atoms with Crippen LogP contribution in [0.3, 0.4) is 0 Å². The molecule has 3 rings (SSSR count). The summed E-state index contributed by atoms with van der Waals surface area (Å²) < 4.78 is 46.4. The fourth-order valence-electron chi connectivity index (χ4n) is 3.79. The molecular weight excluding hydrogens is 569 g/mol. The van der Waals surface area contributed by atoms with E-state index in [2.05, 4.69) is 25.6 Å². The number of benzene rings is 1. The summed E-state index contributed by atoms with van der Waals surface area (Å²) in [5, 5.41) is 5.07. The van der Waals surface area contributed by atoms with Gasteiger partial charge in [0.05, 0.1) is 30.3 Å². The molecular formula is C28H35F3N8O4. The fraction of sp³-hybridized carbons (Fsp3) is 0.393. The minimum absolute atomic E-state index is 0.103. The zero-order valence-electron chi connectivity index (χ0n) is 24.6. The SMILES string of the molecule is CCOc1cc(-c2ncc(N(CCN(C)C)C(=O)Nc3cc(C(=O)NCCN(C)C)cc(C(F)(F)F)c3)cn2)c[nH]c1=O. The Morgan fingerprint density at radius 1 is 0.977 bits per heavy atom. The summed E-state index contributed by atoms with van der Waals surface area (Å²) in [6.45, 7) is 3.30. The highest BCUT2D eigenvalue weighted by Gasteiger charge is 2.32. The Balaban J connectivity index is 1.90. The van der Waals surface area contributed by atoms with E-state index < -0.39 is 29.2 Å². The molecule has 43 heavy (non-hydrogen) atoms. The molecule has 0 unspecified atom stereocenters. The van der Waals surface area contributed by atoms with Crippen molar-refractivity contribution in [2.45, 2.75) is 13.1 Å². The average molecular weight is 605 g/mol. The van der Waals surface area contributed by atoms with Crippen LogP contribution in [0.1, 0.15) is 22.8 Å². The van der Waals surface area contributed by atoms with Crippen molar-refractivity contribution in [2.24, 2.45) is 0 Å². The number of amides is 3. The maximum Gasteiger partial charge on any atom is 0.416 e. The molecule has 0 spiro atoms. The molecule has 0 aliphatic heterocycles. The number of pyridine rings is 1. The van der Waals surface area contributed by atoms with Gasteiger partial charge in [0.25, 0.3) is 11.5 Å². The van der Waals surface area contributed by atoms with Crippen LogP contribution in [0.15, 0.2) is 47.7 Å². The van der Waals surface area contributed by atoms with Crippen LogP contribution in [0, 0.1) is 0 Å². The number of nitrogens with zero attached hydrogens (tertiary/aromatic N) is 5. The minimum Gasteiger partial charge on any atom is -0.488 e. The van der Waals surface area contributed by atoms with Gasteiger partial charge in [-0.2, -0.15) is 13.2 Å². The number of halogens is 3. The molecule has 0 saturated heterocycles. The predicted octanol–water partition coefficient (Wildman–Crippen LogP) is 3.14. The number of rotatable bonds is 12. The first kappa shape index (κ1) is 33.0. The number of likely N-dealkylation sites (N-methyl/N-ethyl adjacent to an activating group) is 2. The Bertz CT molecular complexity index is 1460. The van der Waals surface area contributed by atoms with E-state index in [4.69, 9.17) is 4.74 Å². The number of hydrogen-bond acceptors (Lipinski definition) is 8. The van der Waals surface area contributed by atoms with Crippen LogP contribution >= 0.6 is 0 Å². The van der Waals surface area contributed by atoms with E-state index in [9.17, 15) is 27.6 Å². The normalized spacial score (nSPS) is 11.5. The molecule has 0 aliphatic rings. The lowest BCUT2D eigenvalue weighted by molar-refractivity contribution is -0.137. The van der Waals surface area contributed by atoms with Crippen LogP contribution < -0.4 is 25.8 Å². The number of nitrogens with one attached hydrogen (secondary N) is 3. The van der Waals surface area contributed by atoms with Crippen molar-refractivity contribution < 1.29 is 27.5 Å². The van der Waals surface area contributed by atoms with E-state index in [1.165, 1.54) is 35.6 Å². The Morgan fingerprint density at radius 2 is 1.65 bits per heavy atom. The molecule has 0 bridgehead atoms. The summed E-state index contributed by atoms with van der Waals surface area (Å²) in [4.78, 5) is 54.1. The zero-order valence-corrected chi connectivity index (χ0v) is 24.6. The van der Waals surface area contributed by atoms with Crippen molar-refractivity contribution in [1.29, 1.82) is 0 Å². The highest BCUT2D eigenvalue weighted by atomic mass is 19.4. The second-order valence-corrected chi connectivity index (χ2v) is 10.0. The largest absolute Gasteiger partial charge is 0.488 e. The van der Waals surface area contributed by atoms with Gasteiger partial charge in [0.1, 0.15) is 0 Å². The number of aromatic nitrogens is 3. The summed E-state index contributed by atoms with van der Waals surface area (Å²) in [5.41, 5.74) is -1.20. The van der Waals surface area contributed by atoms with E-state index in [-0.39, 0.29) is 48.2 Å². The third-order valence-corrected chi connectivity index (χ3v) is 6.01. The molecule has 12 nitrogen and oxygen atoms in total. The number of H-pyrrole nitrogens is 1. The van der Waals surface area contributed by atoms with Gasteiger partial charge in [0, 0.05) is 49.2 Å². The molecule has 3 amide bonds. The second-order valence-electron chi connectivity index (χ2n) is 10.0. The van der Waals surface area contributed by atoms with Gasteiger partial charge in [0.2, 0.25) is 0 Å². The molecule has 1 aromatic carbocycles. The Morgan fingerprint density at radius 3 is 2.26 bits per heavy atom. The summed E-state index contributed by atoms with van der Waals surface area (Å²) in [5.74, 6) is -0.352. The summed E-state index contributed by atoms with van der Waals surface area (Å²) >= 11 is 0. The lowest BCUT2D eigenvalue weighted by atomic mass is 10.1. The maximum atomic E-state index is 13.7. The van der Waals surface area contributed by atoms with Gasteiger partial charge in [-0.25, -0.2) is 14.8 Å². The first-order chi connectivity index (χ1) is 20.3. The second kappa shape index (κ2) is 14.6. The molecule has 232 valence electrons. The molecule has 2 aromatic heterocycles. The molecule has 15 heteroatoms. The summed E-state index contributed by atoms with van der Waals surface area (Å²) in [7, 11) is 7.20. The fourth-order valence-corrected chi connectivity index (χ4v) is 3.79. The molecule has 0 saturated carbocycles. The van der Waals surface area contributed by atoms with Gasteiger partial charge < -0.3 is 30.2 Å². The average Bonchev–Trinajstić information content (AvgIpc) is 2.94. The first-order valence-electron chi connectivity index (χ1n) is 13.3. The third-order valence-electron chi connectivity index (χ3n) is 6.01. The highest BCUT2D eigenvalue weighted by molar-refractivity contribution is 6.03. The molecule has 0 aliphatic carbocycles. The van der Waals surface area contributed by atoms with Gasteiger partial charge in [-0.05, 0) is 59.4 Å². The van der Waals surface area contributed by atoms with Crippen LogP contribution in [0.2, 0.25) is 0 Å². The summed E-state index contributed by atoms with van der Waals surface area (Å²) in [6, 6.07) is 3.44. The van der Waals surface area contributed by atoms with Crippen molar-refractivity contribution in [3.8, 4) is 17.1 Å². The zero-order chi connectivity index (χ0) is 31.7. The van der Waals surface area contributed by atoms with Crippen molar-refractivity contribution in [2.75, 3.05) is 71.2 Å². The van der Waals surface area contributed by atoms with Gasteiger partial charge in [-0.3, -0.25) is 14.5 Å². The molecule has 3 aromatic rings. The van der Waals surface area contributed by atoms with Gasteiger partial charge in [-0.15, -0.1) is 0 Å². The van der Waals surface area contributed by atoms with E-state index in [0.717, 1.165) is 12.1 Å². The Hall–Kier alpha value is -4.50. The lowest BCUT2D eigenvalue weighted by Crippen LogP contribution is -2.40. The van der Waals surface area contributed by atoms with Crippen LogP contribution in [0.4, 0.5) is 29.3 Å². The molecule has 2 heterocycles. The van der Waals surface area contributed by atoms with Gasteiger partial charge >= 0.3 is 12.2 Å². The number of carbonyl (C=O) groups is 2. The summed E-state index contributed by atoms with van der Waals surface area (Å²) in [6.07, 6.45) is -0.548. The van der Waals surface area contributed by atoms with Gasteiger partial charge in [-0.1, -0.05) is 0 Å². The highest BCUT2D eigenvalue weighted by Crippen LogP contribution is 2.32. The number of carbonyl (C=O) groups excluding carboxylic acids is 2. The van der Waals surface area contributed by atoms with Crippen molar-refractivity contribution in [3.05, 3.63) is 64.3 Å². The molecule has 0 fully saturated rings. The van der Waals surface area contributed by atoms with Crippen LogP contribution in [-0.4, -0.2) is 97.7 Å². The monoisotopic (exact) mass is 604 g/mol. The molecule has 0 atom stereocenters. The van der Waals surface area contributed by atoms with E-state index in [0.29, 0.717) is 18.7 Å². The topological polar surface area (TPSA) is 136 Å². The number of anilines is 2. The van der Waals surface area contributed by atoms with Gasteiger partial charge in [0.15, 0.2) is 11.6 Å². The predicted molar refractivity (Wildman–Crippen MR) is 157 cm³/mol. The standard InChI is InChI=1S/C28H35F3N8O4/c1-6-43-23-13-19(15-35-26(23)41)24-33-16-22(17-34-24)39(10-9-38(4)5)27(42)36-21-12-18(11-20(14-21)28(29,30)31)25(40)32-7-8-37(2)3/h11-17H,6-10H2,1-5H3,(H,32,40)(H,35,41)(H,36,42). The quantitative estimate of drug-likeness (QED) is 0.287. The number of aromatic amines is 1. The number of hydrogen-bond donors (Lipinski definition) is 3.